The standard InChI is InChI=1S/C12H12N4/c1-2-3-7-16-9-14-8-11(16)10-5-4-6-15-12(10)13/h1,4-6,8-9H,3,7H2,(H2,13,15). The van der Waals surface area contributed by atoms with Gasteiger partial charge in [0.25, 0.3) is 0 Å². The molecule has 0 aliphatic carbocycles. The first-order chi connectivity index (χ1) is 7.83. The second-order valence-electron chi connectivity index (χ2n) is 3.36. The van der Waals surface area contributed by atoms with Crippen LogP contribution in [0.4, 0.5) is 5.82 Å². The summed E-state index contributed by atoms with van der Waals surface area (Å²) in [7, 11) is 0. The largest absolute Gasteiger partial charge is 0.383 e. The highest BCUT2D eigenvalue weighted by atomic mass is 15.0. The van der Waals surface area contributed by atoms with Crippen LogP contribution in [0.1, 0.15) is 6.42 Å². The van der Waals surface area contributed by atoms with Crippen LogP contribution in [0.2, 0.25) is 0 Å². The summed E-state index contributed by atoms with van der Waals surface area (Å²) in [6.45, 7) is 0.736. The molecule has 0 spiro atoms. The Morgan fingerprint density at radius 2 is 2.38 bits per heavy atom. The van der Waals surface area contributed by atoms with Crippen molar-refractivity contribution in [1.82, 2.24) is 14.5 Å². The number of nitrogen functional groups attached to an aromatic ring is 1. The average molecular weight is 212 g/mol. The molecule has 2 aromatic rings. The zero-order valence-electron chi connectivity index (χ0n) is 8.80. The number of pyridine rings is 1. The topological polar surface area (TPSA) is 56.7 Å². The Morgan fingerprint density at radius 3 is 3.12 bits per heavy atom. The minimum Gasteiger partial charge on any atom is -0.383 e. The van der Waals surface area contributed by atoms with Gasteiger partial charge in [-0.05, 0) is 12.1 Å². The van der Waals surface area contributed by atoms with E-state index >= 15 is 0 Å². The summed E-state index contributed by atoms with van der Waals surface area (Å²) >= 11 is 0. The minimum absolute atomic E-state index is 0.505. The lowest BCUT2D eigenvalue weighted by molar-refractivity contribution is 0.725. The number of hydrogen-bond acceptors (Lipinski definition) is 3. The normalized spacial score (nSPS) is 9.94. The Bertz CT molecular complexity index is 522. The number of nitrogens with two attached hydrogens (primary N) is 1. The molecule has 0 radical (unpaired) electrons. The molecule has 16 heavy (non-hydrogen) atoms. The van der Waals surface area contributed by atoms with Crippen molar-refractivity contribution < 1.29 is 0 Å². The van der Waals surface area contributed by atoms with E-state index in [1.165, 1.54) is 0 Å². The quantitative estimate of drug-likeness (QED) is 0.785. The van der Waals surface area contributed by atoms with Crippen LogP contribution in [0, 0.1) is 12.3 Å². The summed E-state index contributed by atoms with van der Waals surface area (Å²) in [6, 6.07) is 3.77. The van der Waals surface area contributed by atoms with Gasteiger partial charge < -0.3 is 10.3 Å². The van der Waals surface area contributed by atoms with E-state index in [1.54, 1.807) is 18.7 Å². The third-order valence-corrected chi connectivity index (χ3v) is 2.32. The molecular formula is C12H12N4. The zero-order valence-corrected chi connectivity index (χ0v) is 8.80. The van der Waals surface area contributed by atoms with Crippen LogP contribution in [-0.2, 0) is 6.54 Å². The van der Waals surface area contributed by atoms with E-state index in [0.29, 0.717) is 12.2 Å². The maximum absolute atomic E-state index is 5.82. The van der Waals surface area contributed by atoms with E-state index in [-0.39, 0.29) is 0 Å². The molecule has 2 N–H and O–H groups in total. The summed E-state index contributed by atoms with van der Waals surface area (Å²) in [6.07, 6.45) is 11.1. The van der Waals surface area contributed by atoms with Crippen LogP contribution in [0.15, 0.2) is 30.9 Å². The summed E-state index contributed by atoms with van der Waals surface area (Å²) < 4.78 is 1.98. The number of aromatic nitrogens is 3. The molecule has 2 aromatic heterocycles. The van der Waals surface area contributed by atoms with Crippen LogP contribution in [0.5, 0.6) is 0 Å². The van der Waals surface area contributed by atoms with Gasteiger partial charge in [-0.3, -0.25) is 0 Å². The van der Waals surface area contributed by atoms with E-state index < -0.39 is 0 Å². The molecule has 0 aliphatic heterocycles. The number of nitrogens with zero attached hydrogens (tertiary/aromatic N) is 3. The molecule has 0 amide bonds. The fraction of sp³-hybridized carbons (Fsp3) is 0.167. The molecule has 4 heteroatoms. The monoisotopic (exact) mass is 212 g/mol. The van der Waals surface area contributed by atoms with Crippen LogP contribution in [0.25, 0.3) is 11.3 Å². The van der Waals surface area contributed by atoms with Gasteiger partial charge in [-0.2, -0.15) is 0 Å². The van der Waals surface area contributed by atoms with Crippen molar-refractivity contribution in [3.05, 3.63) is 30.9 Å². The van der Waals surface area contributed by atoms with Gasteiger partial charge in [0.05, 0.1) is 18.2 Å². The van der Waals surface area contributed by atoms with E-state index in [9.17, 15) is 0 Å². The molecule has 0 fully saturated rings. The fourth-order valence-electron chi connectivity index (χ4n) is 1.54. The van der Waals surface area contributed by atoms with Crippen molar-refractivity contribution in [2.45, 2.75) is 13.0 Å². The Morgan fingerprint density at radius 1 is 1.50 bits per heavy atom. The van der Waals surface area contributed by atoms with E-state index in [4.69, 9.17) is 12.2 Å². The molecule has 0 atom stereocenters. The van der Waals surface area contributed by atoms with E-state index in [2.05, 4.69) is 15.9 Å². The van der Waals surface area contributed by atoms with Gasteiger partial charge in [0.15, 0.2) is 0 Å². The Kier molecular flexibility index (Phi) is 2.88. The molecule has 4 nitrogen and oxygen atoms in total. The third kappa shape index (κ3) is 1.89. The zero-order chi connectivity index (χ0) is 11.4. The van der Waals surface area contributed by atoms with E-state index in [0.717, 1.165) is 17.8 Å². The second kappa shape index (κ2) is 4.49. The number of imidazole rings is 1. The summed E-state index contributed by atoms with van der Waals surface area (Å²) in [4.78, 5) is 8.16. The molecule has 0 aliphatic rings. The molecular weight excluding hydrogens is 200 g/mol. The number of rotatable bonds is 3. The van der Waals surface area contributed by atoms with Gasteiger partial charge in [0.2, 0.25) is 0 Å². The fourth-order valence-corrected chi connectivity index (χ4v) is 1.54. The van der Waals surface area contributed by atoms with Gasteiger partial charge in [0.1, 0.15) is 5.82 Å². The number of terminal acetylenes is 1. The van der Waals surface area contributed by atoms with Crippen LogP contribution < -0.4 is 5.73 Å². The molecule has 2 heterocycles. The van der Waals surface area contributed by atoms with Gasteiger partial charge in [0, 0.05) is 24.7 Å². The molecule has 0 unspecified atom stereocenters. The number of aryl methyl sites for hydroxylation is 1. The molecule has 0 bridgehead atoms. The van der Waals surface area contributed by atoms with Gasteiger partial charge in [-0.1, -0.05) is 0 Å². The summed E-state index contributed by atoms with van der Waals surface area (Å²) in [5.74, 6) is 3.11. The SMILES string of the molecule is C#CCCn1cncc1-c1cccnc1N. The highest BCUT2D eigenvalue weighted by Gasteiger charge is 2.07. The summed E-state index contributed by atoms with van der Waals surface area (Å²) in [5, 5.41) is 0. The summed E-state index contributed by atoms with van der Waals surface area (Å²) in [5.41, 5.74) is 7.65. The highest BCUT2D eigenvalue weighted by Crippen LogP contribution is 2.23. The average Bonchev–Trinajstić information content (AvgIpc) is 2.75. The van der Waals surface area contributed by atoms with Gasteiger partial charge >= 0.3 is 0 Å². The van der Waals surface area contributed by atoms with Gasteiger partial charge in [-0.15, -0.1) is 12.3 Å². The molecule has 2 rings (SSSR count). The Labute approximate surface area is 94.1 Å². The molecule has 0 saturated heterocycles. The Hall–Kier alpha value is -2.28. The van der Waals surface area contributed by atoms with Crippen molar-refractivity contribution >= 4 is 5.82 Å². The Balaban J connectivity index is 2.38. The first kappa shape index (κ1) is 10.2. The maximum atomic E-state index is 5.82. The van der Waals surface area contributed by atoms with Crippen molar-refractivity contribution in [1.29, 1.82) is 0 Å². The van der Waals surface area contributed by atoms with Crippen molar-refractivity contribution in [3.8, 4) is 23.6 Å². The smallest absolute Gasteiger partial charge is 0.132 e. The lowest BCUT2D eigenvalue weighted by Gasteiger charge is -2.07. The van der Waals surface area contributed by atoms with Crippen molar-refractivity contribution in [2.75, 3.05) is 5.73 Å². The lowest BCUT2D eigenvalue weighted by atomic mass is 10.2. The van der Waals surface area contributed by atoms with Crippen molar-refractivity contribution in [2.24, 2.45) is 0 Å². The van der Waals surface area contributed by atoms with Crippen LogP contribution in [-0.4, -0.2) is 14.5 Å². The van der Waals surface area contributed by atoms with E-state index in [1.807, 2.05) is 16.7 Å². The predicted molar refractivity (Wildman–Crippen MR) is 63.3 cm³/mol. The highest BCUT2D eigenvalue weighted by molar-refractivity contribution is 5.70. The number of anilines is 1. The second-order valence-corrected chi connectivity index (χ2v) is 3.36. The predicted octanol–water partition coefficient (Wildman–Crippen LogP) is 1.55. The maximum Gasteiger partial charge on any atom is 0.132 e. The van der Waals surface area contributed by atoms with Crippen LogP contribution in [0.3, 0.4) is 0 Å². The molecule has 80 valence electrons. The molecule has 0 saturated carbocycles. The third-order valence-electron chi connectivity index (χ3n) is 2.32. The first-order valence-electron chi connectivity index (χ1n) is 4.97. The first-order valence-corrected chi connectivity index (χ1v) is 4.97. The van der Waals surface area contributed by atoms with Crippen molar-refractivity contribution in [3.63, 3.8) is 0 Å². The molecule has 0 aromatic carbocycles. The minimum atomic E-state index is 0.505. The van der Waals surface area contributed by atoms with Crippen LogP contribution >= 0.6 is 0 Å². The lowest BCUT2D eigenvalue weighted by Crippen LogP contribution is -2.00. The number of hydrogen-bond donors (Lipinski definition) is 1. The van der Waals surface area contributed by atoms with Gasteiger partial charge in [-0.25, -0.2) is 9.97 Å².